The first kappa shape index (κ1) is 34.8. The molecule has 1 unspecified atom stereocenters. The van der Waals surface area contributed by atoms with Gasteiger partial charge in [-0.2, -0.15) is 0 Å². The van der Waals surface area contributed by atoms with Crippen LogP contribution in [0.3, 0.4) is 0 Å². The molecule has 0 aliphatic heterocycles. The van der Waals surface area contributed by atoms with Gasteiger partial charge in [-0.1, -0.05) is 73.4 Å². The normalized spacial score (nSPS) is 19.6. The van der Waals surface area contributed by atoms with Crippen LogP contribution in [0.5, 0.6) is 5.75 Å². The summed E-state index contributed by atoms with van der Waals surface area (Å²) < 4.78 is 46.8. The largest absolute Gasteiger partial charge is 0.573 e. The summed E-state index contributed by atoms with van der Waals surface area (Å²) in [7, 11) is 0. The van der Waals surface area contributed by atoms with Crippen molar-refractivity contribution in [3.8, 4) is 16.9 Å². The fraction of sp³-hybridized carbons (Fsp3) is 0.447. The summed E-state index contributed by atoms with van der Waals surface area (Å²) in [5, 5.41) is 4.23. The van der Waals surface area contributed by atoms with Crippen LogP contribution in [0, 0.1) is 12.8 Å². The van der Waals surface area contributed by atoms with Crippen molar-refractivity contribution < 1.29 is 22.7 Å². The van der Waals surface area contributed by atoms with Crippen molar-refractivity contribution in [3.05, 3.63) is 89.6 Å². The molecule has 2 aliphatic carbocycles. The van der Waals surface area contributed by atoms with Gasteiger partial charge in [0.2, 0.25) is 5.91 Å². The Labute approximate surface area is 281 Å². The van der Waals surface area contributed by atoms with Gasteiger partial charge in [0.05, 0.1) is 0 Å². The maximum absolute atomic E-state index is 13.7. The van der Waals surface area contributed by atoms with E-state index < -0.39 is 6.36 Å². The topological polar surface area (TPSA) is 69.3 Å². The lowest BCUT2D eigenvalue weighted by Crippen LogP contribution is -2.40. The zero-order valence-electron chi connectivity index (χ0n) is 26.9. The second-order valence-electron chi connectivity index (χ2n) is 13.4. The summed E-state index contributed by atoms with van der Waals surface area (Å²) >= 11 is 0. The van der Waals surface area contributed by atoms with E-state index in [2.05, 4.69) is 33.0 Å². The molecule has 6 rings (SSSR count). The van der Waals surface area contributed by atoms with E-state index in [0.717, 1.165) is 59.8 Å². The van der Waals surface area contributed by atoms with Crippen LogP contribution in [-0.2, 0) is 11.3 Å². The highest BCUT2D eigenvalue weighted by Gasteiger charge is 2.32. The van der Waals surface area contributed by atoms with Crippen LogP contribution in [0.15, 0.2) is 72.9 Å². The maximum Gasteiger partial charge on any atom is 0.573 e. The number of carbonyl (C=O) groups is 1. The number of nitrogens with one attached hydrogen (secondary N) is 1. The summed E-state index contributed by atoms with van der Waals surface area (Å²) in [6.07, 6.45) is 7.34. The molecule has 1 amide bonds. The van der Waals surface area contributed by atoms with Crippen LogP contribution >= 0.6 is 12.4 Å². The molecule has 3 aromatic carbocycles. The minimum atomic E-state index is -4.80. The Hall–Kier alpha value is -3.49. The molecule has 2 fully saturated rings. The molecule has 0 spiro atoms. The van der Waals surface area contributed by atoms with E-state index in [-0.39, 0.29) is 48.5 Å². The van der Waals surface area contributed by atoms with Crippen LogP contribution < -0.4 is 15.8 Å². The van der Waals surface area contributed by atoms with E-state index in [0.29, 0.717) is 17.0 Å². The second kappa shape index (κ2) is 15.2. The molecule has 252 valence electrons. The Morgan fingerprint density at radius 2 is 1.70 bits per heavy atom. The number of hydrogen-bond donors (Lipinski definition) is 2. The number of nitrogens with two attached hydrogens (primary N) is 1. The Morgan fingerprint density at radius 3 is 2.43 bits per heavy atom. The van der Waals surface area contributed by atoms with E-state index in [1.807, 2.05) is 37.3 Å². The molecule has 3 N–H and O–H groups in total. The van der Waals surface area contributed by atoms with Crippen molar-refractivity contribution in [1.29, 1.82) is 0 Å². The third-order valence-electron chi connectivity index (χ3n) is 9.86. The van der Waals surface area contributed by atoms with Crippen molar-refractivity contribution in [1.82, 2.24) is 9.88 Å². The van der Waals surface area contributed by atoms with E-state index in [1.165, 1.54) is 38.2 Å². The first-order chi connectivity index (χ1) is 22.1. The van der Waals surface area contributed by atoms with Crippen molar-refractivity contribution >= 4 is 29.2 Å². The molecule has 0 bridgehead atoms. The Kier molecular flexibility index (Phi) is 11.2. The minimum absolute atomic E-state index is 0. The molecule has 2 saturated carbocycles. The Bertz CT molecular complexity index is 1660. The van der Waals surface area contributed by atoms with Gasteiger partial charge in [0, 0.05) is 53.6 Å². The van der Waals surface area contributed by atoms with Gasteiger partial charge in [0.15, 0.2) is 0 Å². The SMILES string of the molecule is Cc1cccc(C(CC(=O)NC2CCC(N)CC2)c2cn(CC3CCCCC3)c3ccc(-c4ccccc4OC(F)(F)F)cc23)c1.Cl. The molecule has 0 saturated heterocycles. The zero-order chi connectivity index (χ0) is 32.3. The standard InChI is InChI=1S/C38H44F3N3O2.ClH/c1-25-8-7-11-27(20-25)32(22-37(45)43-30-17-15-29(42)16-18-30)34-24-44(23-26-9-3-2-4-10-26)35-19-14-28(21-33(34)35)31-12-5-6-13-36(31)46-38(39,40)41;/h5-8,11-14,19-21,24,26,29-30,32H,2-4,9-10,15-18,22-23,42H2,1H3,(H,43,45);1H. The predicted octanol–water partition coefficient (Wildman–Crippen LogP) is 9.43. The Balaban J connectivity index is 0.00000433. The number of ether oxygens (including phenoxy) is 1. The quantitative estimate of drug-likeness (QED) is 0.187. The zero-order valence-corrected chi connectivity index (χ0v) is 27.7. The first-order valence-electron chi connectivity index (χ1n) is 16.7. The smallest absolute Gasteiger partial charge is 0.405 e. The molecule has 4 aromatic rings. The number of carbonyl (C=O) groups excluding carboxylic acids is 1. The van der Waals surface area contributed by atoms with Crippen LogP contribution in [0.4, 0.5) is 13.2 Å². The summed E-state index contributed by atoms with van der Waals surface area (Å²) in [6, 6.07) is 20.7. The number of benzene rings is 3. The molecule has 9 heteroatoms. The number of fused-ring (bicyclic) bond motifs is 1. The van der Waals surface area contributed by atoms with Crippen LogP contribution in [0.2, 0.25) is 0 Å². The number of para-hydroxylation sites is 1. The lowest BCUT2D eigenvalue weighted by Gasteiger charge is -2.27. The summed E-state index contributed by atoms with van der Waals surface area (Å²) in [6.45, 7) is 2.92. The van der Waals surface area contributed by atoms with Crippen LogP contribution in [0.25, 0.3) is 22.0 Å². The van der Waals surface area contributed by atoms with E-state index in [4.69, 9.17) is 5.73 Å². The highest BCUT2D eigenvalue weighted by atomic mass is 35.5. The van der Waals surface area contributed by atoms with Gasteiger partial charge in [-0.25, -0.2) is 0 Å². The van der Waals surface area contributed by atoms with Gasteiger partial charge in [0.1, 0.15) is 5.75 Å². The highest BCUT2D eigenvalue weighted by Crippen LogP contribution is 2.40. The molecule has 1 heterocycles. The summed E-state index contributed by atoms with van der Waals surface area (Å²) in [4.78, 5) is 13.7. The van der Waals surface area contributed by atoms with E-state index in [1.54, 1.807) is 18.2 Å². The fourth-order valence-electron chi connectivity index (χ4n) is 7.52. The molecule has 0 radical (unpaired) electrons. The maximum atomic E-state index is 13.7. The number of hydrogen-bond acceptors (Lipinski definition) is 3. The highest BCUT2D eigenvalue weighted by molar-refractivity contribution is 5.91. The number of nitrogens with zero attached hydrogens (tertiary/aromatic N) is 1. The van der Waals surface area contributed by atoms with Gasteiger partial charge in [0.25, 0.3) is 0 Å². The minimum Gasteiger partial charge on any atom is -0.405 e. The van der Waals surface area contributed by atoms with Gasteiger partial charge < -0.3 is 20.4 Å². The fourth-order valence-corrected chi connectivity index (χ4v) is 7.52. The van der Waals surface area contributed by atoms with Crippen LogP contribution in [0.1, 0.15) is 86.8 Å². The first-order valence-corrected chi connectivity index (χ1v) is 16.7. The predicted molar refractivity (Wildman–Crippen MR) is 184 cm³/mol. The number of rotatable bonds is 9. The van der Waals surface area contributed by atoms with Gasteiger partial charge >= 0.3 is 6.36 Å². The molecule has 2 aliphatic rings. The third-order valence-corrected chi connectivity index (χ3v) is 9.86. The number of aromatic nitrogens is 1. The lowest BCUT2D eigenvalue weighted by molar-refractivity contribution is -0.274. The summed E-state index contributed by atoms with van der Waals surface area (Å²) in [5.41, 5.74) is 11.3. The van der Waals surface area contributed by atoms with Gasteiger partial charge in [-0.3, -0.25) is 4.79 Å². The van der Waals surface area contributed by atoms with Gasteiger partial charge in [-0.15, -0.1) is 25.6 Å². The lowest BCUT2D eigenvalue weighted by atomic mass is 9.86. The monoisotopic (exact) mass is 667 g/mol. The second-order valence-corrected chi connectivity index (χ2v) is 13.4. The molecular formula is C38H45ClF3N3O2. The van der Waals surface area contributed by atoms with Crippen molar-refractivity contribution in [2.24, 2.45) is 11.7 Å². The van der Waals surface area contributed by atoms with Crippen molar-refractivity contribution in [2.75, 3.05) is 0 Å². The number of alkyl halides is 3. The molecule has 1 aromatic heterocycles. The van der Waals surface area contributed by atoms with E-state index in [9.17, 15) is 18.0 Å². The molecule has 1 atom stereocenters. The number of amides is 1. The average Bonchev–Trinajstić information content (AvgIpc) is 3.38. The third kappa shape index (κ3) is 8.71. The average molecular weight is 668 g/mol. The number of halogens is 4. The van der Waals surface area contributed by atoms with Crippen LogP contribution in [-0.4, -0.2) is 28.9 Å². The van der Waals surface area contributed by atoms with Crippen molar-refractivity contribution in [3.63, 3.8) is 0 Å². The Morgan fingerprint density at radius 1 is 0.957 bits per heavy atom. The molecule has 5 nitrogen and oxygen atoms in total. The van der Waals surface area contributed by atoms with E-state index >= 15 is 0 Å². The number of aryl methyl sites for hydroxylation is 1. The molecule has 47 heavy (non-hydrogen) atoms. The van der Waals surface area contributed by atoms with Crippen molar-refractivity contribution in [2.45, 2.75) is 102 Å². The van der Waals surface area contributed by atoms with Gasteiger partial charge in [-0.05, 0) is 86.3 Å². The molecular weight excluding hydrogens is 623 g/mol. The summed E-state index contributed by atoms with van der Waals surface area (Å²) in [5.74, 6) is 0.0912.